The van der Waals surface area contributed by atoms with Crippen LogP contribution >= 0.6 is 0 Å². The number of carbonyl (C=O) groups is 1. The van der Waals surface area contributed by atoms with Gasteiger partial charge in [-0.15, -0.1) is 0 Å². The van der Waals surface area contributed by atoms with E-state index >= 15 is 0 Å². The number of carbonyl (C=O) groups excluding carboxylic acids is 1. The number of nitrogens with two attached hydrogens (primary N) is 1. The van der Waals surface area contributed by atoms with Crippen LogP contribution in [0.25, 0.3) is 0 Å². The fourth-order valence-electron chi connectivity index (χ4n) is 3.26. The Balaban J connectivity index is 1.48. The smallest absolute Gasteiger partial charge is 0.275 e. The van der Waals surface area contributed by atoms with Crippen molar-refractivity contribution < 1.29 is 14.5 Å². The van der Waals surface area contributed by atoms with Crippen LogP contribution in [-0.2, 0) is 11.2 Å². The fraction of sp³-hybridized carbons (Fsp3) is 0.292. The lowest BCUT2D eigenvalue weighted by molar-refractivity contribution is -0.678. The molecule has 3 rings (SSSR count). The van der Waals surface area contributed by atoms with E-state index in [-0.39, 0.29) is 11.9 Å². The summed E-state index contributed by atoms with van der Waals surface area (Å²) in [6, 6.07) is 22.6. The van der Waals surface area contributed by atoms with Gasteiger partial charge in [0.05, 0.1) is 6.26 Å². The van der Waals surface area contributed by atoms with Crippen molar-refractivity contribution >= 4 is 5.91 Å². The molecule has 3 N–H and O–H groups in total. The first-order chi connectivity index (χ1) is 13.6. The number of nitrogens with one attached hydrogen (secondary N) is 1. The Morgan fingerprint density at radius 3 is 2.36 bits per heavy atom. The third-order valence-corrected chi connectivity index (χ3v) is 4.93. The molecule has 28 heavy (non-hydrogen) atoms. The van der Waals surface area contributed by atoms with Crippen molar-refractivity contribution in [3.8, 4) is 0 Å². The molecular weight excluding hydrogens is 348 g/mol. The van der Waals surface area contributed by atoms with Crippen LogP contribution in [0.5, 0.6) is 0 Å². The van der Waals surface area contributed by atoms with Crippen LogP contribution in [0.2, 0.25) is 0 Å². The Morgan fingerprint density at radius 1 is 0.964 bits per heavy atom. The normalized spacial score (nSPS) is 12.1. The molecule has 0 aliphatic rings. The van der Waals surface area contributed by atoms with Crippen molar-refractivity contribution in [2.45, 2.75) is 32.2 Å². The molecule has 0 aliphatic heterocycles. The van der Waals surface area contributed by atoms with Crippen LogP contribution in [0.15, 0.2) is 77.4 Å². The van der Waals surface area contributed by atoms with Crippen molar-refractivity contribution in [3.63, 3.8) is 0 Å². The van der Waals surface area contributed by atoms with E-state index in [9.17, 15) is 4.79 Å². The van der Waals surface area contributed by atoms with Gasteiger partial charge in [-0.3, -0.25) is 4.79 Å². The van der Waals surface area contributed by atoms with Gasteiger partial charge in [-0.05, 0) is 35.6 Å². The van der Waals surface area contributed by atoms with Crippen molar-refractivity contribution in [1.82, 2.24) is 5.32 Å². The number of benzene rings is 2. The first-order valence-electron chi connectivity index (χ1n) is 9.90. The summed E-state index contributed by atoms with van der Waals surface area (Å²) in [4.78, 5) is 12.3. The minimum Gasteiger partial charge on any atom is -0.463 e. The minimum absolute atomic E-state index is 0.0227. The van der Waals surface area contributed by atoms with Crippen LogP contribution in [0.1, 0.15) is 48.3 Å². The molecule has 4 nitrogen and oxygen atoms in total. The molecule has 1 aromatic heterocycles. The highest BCUT2D eigenvalue weighted by atomic mass is 16.3. The Labute approximate surface area is 167 Å². The maximum atomic E-state index is 12.3. The first kappa shape index (κ1) is 19.9. The number of rotatable bonds is 9. The number of furan rings is 1. The summed E-state index contributed by atoms with van der Waals surface area (Å²) < 4.78 is 5.58. The molecule has 1 amide bonds. The van der Waals surface area contributed by atoms with E-state index in [1.165, 1.54) is 11.1 Å². The lowest BCUT2D eigenvalue weighted by Gasteiger charge is -2.14. The van der Waals surface area contributed by atoms with E-state index in [0.29, 0.717) is 19.0 Å². The summed E-state index contributed by atoms with van der Waals surface area (Å²) in [6.45, 7) is 5.38. The summed E-state index contributed by atoms with van der Waals surface area (Å²) in [5, 5.41) is 5.03. The van der Waals surface area contributed by atoms with Crippen LogP contribution in [-0.4, -0.2) is 19.0 Å². The SMILES string of the molecule is CC(C)c1ccc(CCNC(=O)C[NH2+][C@H](c2ccccc2)c2ccco2)cc1. The lowest BCUT2D eigenvalue weighted by Crippen LogP contribution is -2.87. The molecule has 2 aromatic carbocycles. The number of hydrogen-bond acceptors (Lipinski definition) is 2. The molecule has 1 heterocycles. The van der Waals surface area contributed by atoms with Gasteiger partial charge in [0.2, 0.25) is 0 Å². The van der Waals surface area contributed by atoms with Crippen LogP contribution in [0, 0.1) is 0 Å². The molecule has 3 aromatic rings. The van der Waals surface area contributed by atoms with Gasteiger partial charge in [0, 0.05) is 12.1 Å². The number of hydrogen-bond donors (Lipinski definition) is 2. The second-order valence-corrected chi connectivity index (χ2v) is 7.34. The Morgan fingerprint density at radius 2 is 1.71 bits per heavy atom. The van der Waals surface area contributed by atoms with E-state index in [2.05, 4.69) is 55.6 Å². The van der Waals surface area contributed by atoms with Gasteiger partial charge in [0.25, 0.3) is 5.91 Å². The third-order valence-electron chi connectivity index (χ3n) is 4.93. The second-order valence-electron chi connectivity index (χ2n) is 7.34. The van der Waals surface area contributed by atoms with Crippen molar-refractivity contribution in [1.29, 1.82) is 0 Å². The van der Waals surface area contributed by atoms with E-state index in [1.54, 1.807) is 6.26 Å². The summed E-state index contributed by atoms with van der Waals surface area (Å²) in [7, 11) is 0. The molecule has 146 valence electrons. The third kappa shape index (κ3) is 5.57. The molecule has 0 saturated carbocycles. The minimum atomic E-state index is -0.0227. The van der Waals surface area contributed by atoms with Crippen molar-refractivity contribution in [3.05, 3.63) is 95.4 Å². The quantitative estimate of drug-likeness (QED) is 0.600. The fourth-order valence-corrected chi connectivity index (χ4v) is 3.26. The average Bonchev–Trinajstić information content (AvgIpc) is 3.24. The Bertz CT molecular complexity index is 840. The zero-order chi connectivity index (χ0) is 19.8. The van der Waals surface area contributed by atoms with Gasteiger partial charge >= 0.3 is 0 Å². The maximum Gasteiger partial charge on any atom is 0.275 e. The molecular formula is C24H29N2O2+. The van der Waals surface area contributed by atoms with Crippen molar-refractivity contribution in [2.24, 2.45) is 0 Å². The Hall–Kier alpha value is -2.85. The van der Waals surface area contributed by atoms with E-state index in [0.717, 1.165) is 17.7 Å². The van der Waals surface area contributed by atoms with Gasteiger partial charge in [-0.1, -0.05) is 68.4 Å². The zero-order valence-corrected chi connectivity index (χ0v) is 16.6. The summed E-state index contributed by atoms with van der Waals surface area (Å²) in [6.07, 6.45) is 2.51. The van der Waals surface area contributed by atoms with Gasteiger partial charge < -0.3 is 15.1 Å². The summed E-state index contributed by atoms with van der Waals surface area (Å²) in [5.74, 6) is 1.42. The molecule has 0 unspecified atom stereocenters. The average molecular weight is 378 g/mol. The topological polar surface area (TPSA) is 58.9 Å². The van der Waals surface area contributed by atoms with Crippen LogP contribution in [0.4, 0.5) is 0 Å². The van der Waals surface area contributed by atoms with Crippen molar-refractivity contribution in [2.75, 3.05) is 13.1 Å². The molecule has 4 heteroatoms. The van der Waals surface area contributed by atoms with E-state index in [4.69, 9.17) is 4.42 Å². The molecule has 0 spiro atoms. The van der Waals surface area contributed by atoms with Crippen LogP contribution < -0.4 is 10.6 Å². The standard InChI is InChI=1S/C24H28N2O2/c1-18(2)20-12-10-19(11-13-20)14-15-25-23(27)17-26-24(22-9-6-16-28-22)21-7-4-3-5-8-21/h3-13,16,18,24,26H,14-15,17H2,1-2H3,(H,25,27)/p+1/t24-/m1/s1. The molecule has 0 fully saturated rings. The van der Waals surface area contributed by atoms with Gasteiger partial charge in [-0.25, -0.2) is 0 Å². The van der Waals surface area contributed by atoms with E-state index < -0.39 is 0 Å². The lowest BCUT2D eigenvalue weighted by atomic mass is 10.0. The number of amides is 1. The van der Waals surface area contributed by atoms with Gasteiger partial charge in [-0.2, -0.15) is 0 Å². The monoisotopic (exact) mass is 377 g/mol. The summed E-state index contributed by atoms with van der Waals surface area (Å²) in [5.41, 5.74) is 3.70. The van der Waals surface area contributed by atoms with E-state index in [1.807, 2.05) is 35.6 Å². The Kier molecular flexibility index (Phi) is 7.04. The maximum absolute atomic E-state index is 12.3. The first-order valence-corrected chi connectivity index (χ1v) is 9.90. The summed E-state index contributed by atoms with van der Waals surface area (Å²) >= 11 is 0. The highest BCUT2D eigenvalue weighted by Crippen LogP contribution is 2.18. The molecule has 0 bridgehead atoms. The predicted octanol–water partition coefficient (Wildman–Crippen LogP) is 3.41. The largest absolute Gasteiger partial charge is 0.463 e. The molecule has 1 atom stereocenters. The number of quaternary nitrogens is 1. The highest BCUT2D eigenvalue weighted by molar-refractivity contribution is 5.76. The van der Waals surface area contributed by atoms with Gasteiger partial charge in [0.1, 0.15) is 0 Å². The van der Waals surface area contributed by atoms with Crippen LogP contribution in [0.3, 0.4) is 0 Å². The second kappa shape index (κ2) is 9.90. The molecule has 0 radical (unpaired) electrons. The molecule has 0 aliphatic carbocycles. The highest BCUT2D eigenvalue weighted by Gasteiger charge is 2.21. The molecule has 0 saturated heterocycles. The predicted molar refractivity (Wildman–Crippen MR) is 111 cm³/mol. The van der Waals surface area contributed by atoms with Gasteiger partial charge in [0.15, 0.2) is 18.3 Å². The zero-order valence-electron chi connectivity index (χ0n) is 16.6.